The molecule has 3 nitrogen and oxygen atoms in total. The van der Waals surface area contributed by atoms with Crippen LogP contribution >= 0.6 is 0 Å². The highest BCUT2D eigenvalue weighted by Crippen LogP contribution is 1.58. The van der Waals surface area contributed by atoms with E-state index in [4.69, 9.17) is 0 Å². The topological polar surface area (TPSA) is 46.3 Å². The predicted molar refractivity (Wildman–Crippen MR) is 43.6 cm³/mol. The molecule has 56 valence electrons. The third-order valence-electron chi connectivity index (χ3n) is 0.348. The lowest BCUT2D eigenvalue weighted by Gasteiger charge is -1.90. The number of rotatable bonds is 1. The van der Waals surface area contributed by atoms with Gasteiger partial charge in [0, 0.05) is 16.3 Å². The molecular formula is C5H16N2OSi. The van der Waals surface area contributed by atoms with E-state index in [1.165, 1.54) is 0 Å². The minimum Gasteiger partial charge on any atom is -0.370 e. The highest BCUT2D eigenvalue weighted by atomic mass is 28.1. The fourth-order valence-electron chi connectivity index (χ4n) is 0. The second-order valence-corrected chi connectivity index (χ2v) is 2.87. The zero-order valence-corrected chi connectivity index (χ0v) is 8.64. The average Bonchev–Trinajstić information content (AvgIpc) is 1.65. The Kier molecular flexibility index (Phi) is 9.72. The summed E-state index contributed by atoms with van der Waals surface area (Å²) in [6.07, 6.45) is 0. The molecule has 9 heavy (non-hydrogen) atoms. The standard InChI is InChI=1S/C3H9N.C2H7NOSi/c1-4(2)3;3-2(4)1-5/h1-3H3;1H2,5H3,(H2,3,4). The Bertz CT molecular complexity index is 72.6. The summed E-state index contributed by atoms with van der Waals surface area (Å²) in [5, 5.41) is 0. The molecule has 0 rings (SSSR count). The summed E-state index contributed by atoms with van der Waals surface area (Å²) in [5.41, 5.74) is 4.69. The molecule has 0 radical (unpaired) electrons. The Balaban J connectivity index is 0. The van der Waals surface area contributed by atoms with Gasteiger partial charge in [-0.3, -0.25) is 4.79 Å². The molecule has 0 aromatic heterocycles. The summed E-state index contributed by atoms with van der Waals surface area (Å²) >= 11 is 0. The molecule has 0 aliphatic rings. The number of nitrogens with zero attached hydrogens (tertiary/aromatic N) is 1. The molecule has 1 amide bonds. The van der Waals surface area contributed by atoms with E-state index in [2.05, 4.69) is 5.73 Å². The fourth-order valence-corrected chi connectivity index (χ4v) is 0. The summed E-state index contributed by atoms with van der Waals surface area (Å²) in [5.74, 6) is -0.184. The molecule has 0 fully saturated rings. The number of primary amides is 1. The van der Waals surface area contributed by atoms with Crippen LogP contribution in [0.4, 0.5) is 0 Å². The molecule has 0 spiro atoms. The first kappa shape index (κ1) is 11.4. The normalized spacial score (nSPS) is 8.44. The van der Waals surface area contributed by atoms with Crippen molar-refractivity contribution in [3.63, 3.8) is 0 Å². The predicted octanol–water partition coefficient (Wildman–Crippen LogP) is -1.57. The van der Waals surface area contributed by atoms with Crippen molar-refractivity contribution < 1.29 is 4.79 Å². The Morgan fingerprint density at radius 1 is 1.56 bits per heavy atom. The first-order valence-electron chi connectivity index (χ1n) is 2.90. The molecule has 0 unspecified atom stereocenters. The monoisotopic (exact) mass is 148 g/mol. The molecule has 0 saturated heterocycles. The summed E-state index contributed by atoms with van der Waals surface area (Å²) in [6, 6.07) is 0.583. The van der Waals surface area contributed by atoms with Crippen molar-refractivity contribution in [3.8, 4) is 0 Å². The van der Waals surface area contributed by atoms with E-state index in [9.17, 15) is 4.79 Å². The van der Waals surface area contributed by atoms with Gasteiger partial charge < -0.3 is 10.6 Å². The van der Waals surface area contributed by atoms with Crippen LogP contribution in [0.3, 0.4) is 0 Å². The Labute approximate surface area is 59.6 Å². The van der Waals surface area contributed by atoms with Gasteiger partial charge in [-0.2, -0.15) is 0 Å². The number of carbonyl (C=O) groups excluding carboxylic acids is 1. The largest absolute Gasteiger partial charge is 0.370 e. The maximum Gasteiger partial charge on any atom is 0.213 e. The molecule has 0 heterocycles. The molecule has 0 aromatic carbocycles. The molecule has 0 aliphatic heterocycles. The summed E-state index contributed by atoms with van der Waals surface area (Å²) in [7, 11) is 6.90. The SMILES string of the molecule is CN(C)C.NC(=O)C[SiH3]. The van der Waals surface area contributed by atoms with E-state index >= 15 is 0 Å². The van der Waals surface area contributed by atoms with E-state index in [0.717, 1.165) is 10.2 Å². The number of nitrogens with two attached hydrogens (primary N) is 1. The number of amides is 1. The van der Waals surface area contributed by atoms with Gasteiger partial charge in [-0.1, -0.05) is 0 Å². The van der Waals surface area contributed by atoms with Crippen LogP contribution in [0.5, 0.6) is 0 Å². The van der Waals surface area contributed by atoms with Gasteiger partial charge in [0.15, 0.2) is 0 Å². The van der Waals surface area contributed by atoms with Gasteiger partial charge in [0.05, 0.1) is 0 Å². The number of carbonyl (C=O) groups is 1. The highest BCUT2D eigenvalue weighted by molar-refractivity contribution is 6.19. The first-order chi connectivity index (χ1) is 4.00. The summed E-state index contributed by atoms with van der Waals surface area (Å²) < 4.78 is 0. The Hall–Kier alpha value is -0.353. The average molecular weight is 148 g/mol. The molecule has 0 bridgehead atoms. The van der Waals surface area contributed by atoms with Crippen molar-refractivity contribution in [1.82, 2.24) is 4.90 Å². The van der Waals surface area contributed by atoms with E-state index in [-0.39, 0.29) is 5.91 Å². The van der Waals surface area contributed by atoms with Crippen LogP contribution in [0.25, 0.3) is 0 Å². The Morgan fingerprint density at radius 2 is 1.67 bits per heavy atom. The molecule has 0 atom stereocenters. The molecular weight excluding hydrogens is 132 g/mol. The van der Waals surface area contributed by atoms with Crippen LogP contribution in [-0.2, 0) is 4.79 Å². The van der Waals surface area contributed by atoms with Crippen LogP contribution in [0.2, 0.25) is 6.04 Å². The van der Waals surface area contributed by atoms with Crippen LogP contribution in [-0.4, -0.2) is 42.2 Å². The summed E-state index contributed by atoms with van der Waals surface area (Å²) in [6.45, 7) is 0. The molecule has 0 aliphatic carbocycles. The van der Waals surface area contributed by atoms with E-state index in [1.54, 1.807) is 0 Å². The van der Waals surface area contributed by atoms with Gasteiger partial charge in [-0.05, 0) is 21.1 Å². The molecule has 4 heteroatoms. The smallest absolute Gasteiger partial charge is 0.213 e. The van der Waals surface area contributed by atoms with Crippen molar-refractivity contribution in [2.24, 2.45) is 5.73 Å². The third-order valence-corrected chi connectivity index (χ3v) is 1.05. The maximum absolute atomic E-state index is 9.62. The Morgan fingerprint density at radius 3 is 1.67 bits per heavy atom. The van der Waals surface area contributed by atoms with Gasteiger partial charge in [0.1, 0.15) is 0 Å². The number of hydrogen-bond acceptors (Lipinski definition) is 2. The van der Waals surface area contributed by atoms with E-state index in [1.807, 2.05) is 26.0 Å². The highest BCUT2D eigenvalue weighted by Gasteiger charge is 1.77. The quantitative estimate of drug-likeness (QED) is 0.457. The second-order valence-electron chi connectivity index (χ2n) is 2.16. The third kappa shape index (κ3) is 89.9. The van der Waals surface area contributed by atoms with Gasteiger partial charge in [-0.25, -0.2) is 0 Å². The lowest BCUT2D eigenvalue weighted by Crippen LogP contribution is -2.07. The fraction of sp³-hybridized carbons (Fsp3) is 0.800. The molecule has 2 N–H and O–H groups in total. The van der Waals surface area contributed by atoms with Crippen molar-refractivity contribution in [3.05, 3.63) is 0 Å². The molecule has 0 aromatic rings. The van der Waals surface area contributed by atoms with Crippen LogP contribution in [0.15, 0.2) is 0 Å². The van der Waals surface area contributed by atoms with Gasteiger partial charge in [0.2, 0.25) is 5.91 Å². The van der Waals surface area contributed by atoms with E-state index in [0.29, 0.717) is 6.04 Å². The van der Waals surface area contributed by atoms with E-state index < -0.39 is 0 Å². The van der Waals surface area contributed by atoms with Gasteiger partial charge in [-0.15, -0.1) is 0 Å². The zero-order chi connectivity index (χ0) is 7.86. The van der Waals surface area contributed by atoms with Crippen molar-refractivity contribution in [2.45, 2.75) is 6.04 Å². The maximum atomic E-state index is 9.62. The lowest BCUT2D eigenvalue weighted by molar-refractivity contribution is -0.115. The van der Waals surface area contributed by atoms with Crippen molar-refractivity contribution >= 4 is 16.1 Å². The molecule has 0 saturated carbocycles. The van der Waals surface area contributed by atoms with Crippen LogP contribution in [0, 0.1) is 0 Å². The second kappa shape index (κ2) is 7.65. The van der Waals surface area contributed by atoms with Crippen LogP contribution < -0.4 is 5.73 Å². The van der Waals surface area contributed by atoms with Gasteiger partial charge >= 0.3 is 0 Å². The minimum atomic E-state index is -0.184. The zero-order valence-electron chi connectivity index (χ0n) is 6.64. The first-order valence-corrected chi connectivity index (χ1v) is 4.31. The van der Waals surface area contributed by atoms with Crippen LogP contribution in [0.1, 0.15) is 0 Å². The number of hydrogen-bond donors (Lipinski definition) is 1. The van der Waals surface area contributed by atoms with Crippen molar-refractivity contribution in [1.29, 1.82) is 0 Å². The summed E-state index contributed by atoms with van der Waals surface area (Å²) in [4.78, 5) is 11.6. The van der Waals surface area contributed by atoms with Crippen molar-refractivity contribution in [2.75, 3.05) is 21.1 Å². The minimum absolute atomic E-state index is 0.184. The van der Waals surface area contributed by atoms with Gasteiger partial charge in [0.25, 0.3) is 0 Å². The lowest BCUT2D eigenvalue weighted by atomic mass is 10.8.